The molecule has 0 heterocycles. The van der Waals surface area contributed by atoms with Crippen LogP contribution in [0.3, 0.4) is 0 Å². The van der Waals surface area contributed by atoms with Crippen LogP contribution in [0.25, 0.3) is 0 Å². The molecule has 0 fully saturated rings. The number of nitrogens with zero attached hydrogens (tertiary/aromatic N) is 1. The van der Waals surface area contributed by atoms with Gasteiger partial charge in [-0.2, -0.15) is 0 Å². The second-order valence-corrected chi connectivity index (χ2v) is 3.96. The number of aromatic hydroxyl groups is 1. The predicted molar refractivity (Wildman–Crippen MR) is 67.8 cm³/mol. The zero-order chi connectivity index (χ0) is 13.5. The van der Waals surface area contributed by atoms with E-state index in [9.17, 15) is 9.90 Å². The fourth-order valence-corrected chi connectivity index (χ4v) is 1.13. The number of ether oxygens (including phenoxy) is 1. The van der Waals surface area contributed by atoms with Crippen molar-refractivity contribution in [1.82, 2.24) is 0 Å². The molecule has 0 aliphatic heterocycles. The Morgan fingerprint density at radius 1 is 1.50 bits per heavy atom. The number of rotatable bonds is 5. The molecule has 0 aromatic heterocycles. The maximum atomic E-state index is 11.2. The van der Waals surface area contributed by atoms with Crippen molar-refractivity contribution in [1.29, 1.82) is 0 Å². The van der Waals surface area contributed by atoms with Crippen LogP contribution >= 0.6 is 0 Å². The van der Waals surface area contributed by atoms with Crippen LogP contribution < -0.4 is 4.74 Å². The Morgan fingerprint density at radius 2 is 2.22 bits per heavy atom. The van der Waals surface area contributed by atoms with Crippen molar-refractivity contribution in [3.63, 3.8) is 0 Å². The summed E-state index contributed by atoms with van der Waals surface area (Å²) in [7, 11) is 0. The largest absolute Gasteiger partial charge is 0.504 e. The third kappa shape index (κ3) is 4.08. The maximum Gasteiger partial charge on any atom is 0.337 e. The van der Waals surface area contributed by atoms with Crippen molar-refractivity contribution in [3.8, 4) is 11.5 Å². The van der Waals surface area contributed by atoms with Gasteiger partial charge in [-0.05, 0) is 25.1 Å². The first-order chi connectivity index (χ1) is 8.54. The molecule has 18 heavy (non-hydrogen) atoms. The van der Waals surface area contributed by atoms with Crippen LogP contribution in [0.4, 0.5) is 0 Å². The van der Waals surface area contributed by atoms with Crippen LogP contribution in [-0.4, -0.2) is 23.9 Å². The molecule has 0 saturated heterocycles. The molecule has 0 radical (unpaired) electrons. The number of benzene rings is 1. The van der Waals surface area contributed by atoms with E-state index in [1.165, 1.54) is 12.3 Å². The molecule has 0 aliphatic carbocycles. The van der Waals surface area contributed by atoms with E-state index in [-0.39, 0.29) is 11.7 Å². The van der Waals surface area contributed by atoms with E-state index in [1.807, 2.05) is 6.92 Å². The SMILES string of the molecule is CCOc1cc(/C=N/OC(=O)C(C)C)ccc1O. The van der Waals surface area contributed by atoms with Gasteiger partial charge in [0.15, 0.2) is 11.5 Å². The highest BCUT2D eigenvalue weighted by Crippen LogP contribution is 2.26. The quantitative estimate of drug-likeness (QED) is 0.495. The lowest BCUT2D eigenvalue weighted by atomic mass is 10.2. The summed E-state index contributed by atoms with van der Waals surface area (Å²) < 4.78 is 5.22. The van der Waals surface area contributed by atoms with Gasteiger partial charge >= 0.3 is 5.97 Å². The second kappa shape index (κ2) is 6.64. The van der Waals surface area contributed by atoms with Gasteiger partial charge in [0.25, 0.3) is 0 Å². The average molecular weight is 251 g/mol. The molecule has 5 heteroatoms. The van der Waals surface area contributed by atoms with E-state index in [0.29, 0.717) is 17.9 Å². The minimum Gasteiger partial charge on any atom is -0.504 e. The van der Waals surface area contributed by atoms with Gasteiger partial charge in [0.2, 0.25) is 0 Å². The molecule has 0 atom stereocenters. The van der Waals surface area contributed by atoms with Crippen LogP contribution in [0.5, 0.6) is 11.5 Å². The van der Waals surface area contributed by atoms with E-state index in [4.69, 9.17) is 4.74 Å². The van der Waals surface area contributed by atoms with Gasteiger partial charge in [0, 0.05) is 5.56 Å². The molecule has 0 amide bonds. The Morgan fingerprint density at radius 3 is 2.83 bits per heavy atom. The summed E-state index contributed by atoms with van der Waals surface area (Å²) >= 11 is 0. The van der Waals surface area contributed by atoms with Crippen molar-refractivity contribution in [2.45, 2.75) is 20.8 Å². The third-order valence-corrected chi connectivity index (χ3v) is 2.10. The number of phenolic OH excluding ortho intramolecular Hbond substituents is 1. The third-order valence-electron chi connectivity index (χ3n) is 2.10. The van der Waals surface area contributed by atoms with Gasteiger partial charge in [0.05, 0.1) is 18.7 Å². The van der Waals surface area contributed by atoms with E-state index < -0.39 is 5.97 Å². The van der Waals surface area contributed by atoms with Gasteiger partial charge < -0.3 is 14.7 Å². The Balaban J connectivity index is 2.70. The molecule has 0 saturated carbocycles. The molecule has 98 valence electrons. The van der Waals surface area contributed by atoms with Gasteiger partial charge in [-0.1, -0.05) is 19.0 Å². The number of oxime groups is 1. The van der Waals surface area contributed by atoms with Crippen LogP contribution in [0.2, 0.25) is 0 Å². The van der Waals surface area contributed by atoms with E-state index in [0.717, 1.165) is 0 Å². The zero-order valence-electron chi connectivity index (χ0n) is 10.7. The summed E-state index contributed by atoms with van der Waals surface area (Å²) in [6.45, 7) is 5.73. The molecule has 0 bridgehead atoms. The molecule has 0 unspecified atom stereocenters. The molecule has 5 nitrogen and oxygen atoms in total. The van der Waals surface area contributed by atoms with Gasteiger partial charge in [-0.25, -0.2) is 4.79 Å². The van der Waals surface area contributed by atoms with Gasteiger partial charge in [-0.15, -0.1) is 0 Å². The fourth-order valence-electron chi connectivity index (χ4n) is 1.13. The minimum atomic E-state index is -0.393. The summed E-state index contributed by atoms with van der Waals surface area (Å²) in [5, 5.41) is 13.1. The summed E-state index contributed by atoms with van der Waals surface area (Å²) in [6, 6.07) is 4.76. The molecular formula is C13H17NO4. The van der Waals surface area contributed by atoms with Crippen molar-refractivity contribution in [3.05, 3.63) is 23.8 Å². The summed E-state index contributed by atoms with van der Waals surface area (Å²) in [4.78, 5) is 15.8. The van der Waals surface area contributed by atoms with E-state index in [2.05, 4.69) is 9.99 Å². The molecule has 1 rings (SSSR count). The lowest BCUT2D eigenvalue weighted by molar-refractivity contribution is -0.147. The van der Waals surface area contributed by atoms with Crippen molar-refractivity contribution in [2.75, 3.05) is 6.61 Å². The highest BCUT2D eigenvalue weighted by atomic mass is 16.7. The Labute approximate surface area is 106 Å². The zero-order valence-corrected chi connectivity index (χ0v) is 10.7. The van der Waals surface area contributed by atoms with Crippen molar-refractivity contribution >= 4 is 12.2 Å². The normalized spacial score (nSPS) is 10.9. The van der Waals surface area contributed by atoms with Crippen LogP contribution in [0.15, 0.2) is 23.4 Å². The number of carbonyl (C=O) groups is 1. The summed E-state index contributed by atoms with van der Waals surface area (Å²) in [5.74, 6) is -0.180. The summed E-state index contributed by atoms with van der Waals surface area (Å²) in [5.41, 5.74) is 0.674. The predicted octanol–water partition coefficient (Wildman–Crippen LogP) is 2.32. The molecule has 0 spiro atoms. The van der Waals surface area contributed by atoms with Crippen molar-refractivity contribution in [2.24, 2.45) is 11.1 Å². The lowest BCUT2D eigenvalue weighted by Crippen LogP contribution is -2.08. The second-order valence-electron chi connectivity index (χ2n) is 3.96. The first kappa shape index (κ1) is 14.0. The van der Waals surface area contributed by atoms with Crippen LogP contribution in [0.1, 0.15) is 26.3 Å². The van der Waals surface area contributed by atoms with Crippen molar-refractivity contribution < 1.29 is 19.5 Å². The van der Waals surface area contributed by atoms with E-state index in [1.54, 1.807) is 26.0 Å². The van der Waals surface area contributed by atoms with E-state index >= 15 is 0 Å². The first-order valence-corrected chi connectivity index (χ1v) is 5.74. The molecule has 1 aromatic carbocycles. The Bertz CT molecular complexity index is 441. The van der Waals surface area contributed by atoms with Gasteiger partial charge in [0.1, 0.15) is 0 Å². The Kier molecular flexibility index (Phi) is 5.17. The molecular weight excluding hydrogens is 234 g/mol. The summed E-state index contributed by atoms with van der Waals surface area (Å²) in [6.07, 6.45) is 1.39. The monoisotopic (exact) mass is 251 g/mol. The minimum absolute atomic E-state index is 0.0631. The van der Waals surface area contributed by atoms with Crippen LogP contribution in [0, 0.1) is 5.92 Å². The Hall–Kier alpha value is -2.04. The highest BCUT2D eigenvalue weighted by molar-refractivity contribution is 5.81. The maximum absolute atomic E-state index is 11.2. The van der Waals surface area contributed by atoms with Gasteiger partial charge in [-0.3, -0.25) is 0 Å². The lowest BCUT2D eigenvalue weighted by Gasteiger charge is -2.05. The number of hydrogen-bond acceptors (Lipinski definition) is 5. The smallest absolute Gasteiger partial charge is 0.337 e. The first-order valence-electron chi connectivity index (χ1n) is 5.74. The van der Waals surface area contributed by atoms with Crippen LogP contribution in [-0.2, 0) is 9.63 Å². The molecule has 0 aliphatic rings. The standard InChI is InChI=1S/C13H17NO4/c1-4-17-12-7-10(5-6-11(12)15)8-14-18-13(16)9(2)3/h5-9,15H,4H2,1-3H3/b14-8+. The molecule has 1 N–H and O–H groups in total. The topological polar surface area (TPSA) is 68.1 Å². The number of hydrogen-bond donors (Lipinski definition) is 1. The number of carbonyl (C=O) groups excluding carboxylic acids is 1. The highest BCUT2D eigenvalue weighted by Gasteiger charge is 2.07. The number of phenols is 1. The molecule has 1 aromatic rings. The average Bonchev–Trinajstić information content (AvgIpc) is 2.33. The fraction of sp³-hybridized carbons (Fsp3) is 0.385.